The summed E-state index contributed by atoms with van der Waals surface area (Å²) >= 11 is 6.21. The third kappa shape index (κ3) is 2.21. The summed E-state index contributed by atoms with van der Waals surface area (Å²) in [5, 5.41) is 4.92. The van der Waals surface area contributed by atoms with Crippen LogP contribution in [0.3, 0.4) is 0 Å². The van der Waals surface area contributed by atoms with E-state index in [1.165, 1.54) is 0 Å². The molecule has 96 valence electrons. The van der Waals surface area contributed by atoms with Gasteiger partial charge in [0.05, 0.1) is 28.6 Å². The van der Waals surface area contributed by atoms with E-state index in [9.17, 15) is 0 Å². The lowest BCUT2D eigenvalue weighted by Crippen LogP contribution is -2.39. The second-order valence-corrected chi connectivity index (χ2v) is 5.57. The van der Waals surface area contributed by atoms with E-state index in [4.69, 9.17) is 22.1 Å². The Bertz CT molecular complexity index is 396. The van der Waals surface area contributed by atoms with Gasteiger partial charge in [0, 0.05) is 12.6 Å². The zero-order chi connectivity index (χ0) is 12.6. The molecule has 0 aromatic carbocycles. The lowest BCUT2D eigenvalue weighted by atomic mass is 9.91. The molecule has 1 saturated heterocycles. The van der Waals surface area contributed by atoms with Crippen molar-refractivity contribution >= 4 is 11.6 Å². The Kier molecular flexibility index (Phi) is 3.48. The molecule has 1 aromatic heterocycles. The molecule has 1 aromatic rings. The summed E-state index contributed by atoms with van der Waals surface area (Å²) in [5.74, 6) is 0. The van der Waals surface area contributed by atoms with Crippen LogP contribution in [0.15, 0.2) is 6.20 Å². The van der Waals surface area contributed by atoms with Gasteiger partial charge in [-0.2, -0.15) is 5.10 Å². The topological polar surface area (TPSA) is 53.1 Å². The number of nitrogens with two attached hydrogens (primary N) is 1. The fourth-order valence-electron chi connectivity index (χ4n) is 2.39. The Morgan fingerprint density at radius 2 is 2.29 bits per heavy atom. The Labute approximate surface area is 107 Å². The molecule has 0 bridgehead atoms. The molecule has 0 amide bonds. The van der Waals surface area contributed by atoms with Gasteiger partial charge in [0.15, 0.2) is 0 Å². The van der Waals surface area contributed by atoms with Gasteiger partial charge in [-0.1, -0.05) is 11.6 Å². The van der Waals surface area contributed by atoms with E-state index >= 15 is 0 Å². The van der Waals surface area contributed by atoms with Crippen molar-refractivity contribution in [3.63, 3.8) is 0 Å². The third-order valence-corrected chi connectivity index (χ3v) is 3.77. The first-order chi connectivity index (χ1) is 7.96. The van der Waals surface area contributed by atoms with Gasteiger partial charge in [-0.05, 0) is 33.6 Å². The van der Waals surface area contributed by atoms with Gasteiger partial charge in [0.25, 0.3) is 0 Å². The minimum absolute atomic E-state index is 0.234. The van der Waals surface area contributed by atoms with Crippen molar-refractivity contribution in [1.29, 1.82) is 0 Å². The summed E-state index contributed by atoms with van der Waals surface area (Å²) in [6, 6.07) is 0.0101. The lowest BCUT2D eigenvalue weighted by molar-refractivity contribution is -0.00406. The molecule has 4 nitrogen and oxygen atoms in total. The quantitative estimate of drug-likeness (QED) is 0.906. The van der Waals surface area contributed by atoms with Gasteiger partial charge >= 0.3 is 0 Å². The third-order valence-electron chi connectivity index (χ3n) is 3.48. The second-order valence-electron chi connectivity index (χ2n) is 5.16. The summed E-state index contributed by atoms with van der Waals surface area (Å²) in [4.78, 5) is 0. The van der Waals surface area contributed by atoms with Crippen LogP contribution in [0.1, 0.15) is 51.4 Å². The van der Waals surface area contributed by atoms with Crippen LogP contribution in [0.5, 0.6) is 0 Å². The number of nitrogens with zero attached hydrogens (tertiary/aromatic N) is 2. The average molecular weight is 258 g/mol. The van der Waals surface area contributed by atoms with E-state index in [1.54, 1.807) is 6.20 Å². The van der Waals surface area contributed by atoms with Crippen molar-refractivity contribution in [2.45, 2.75) is 51.3 Å². The maximum absolute atomic E-state index is 6.35. The molecule has 2 heterocycles. The zero-order valence-corrected chi connectivity index (χ0v) is 11.4. The van der Waals surface area contributed by atoms with Crippen molar-refractivity contribution in [3.05, 3.63) is 16.9 Å². The predicted molar refractivity (Wildman–Crippen MR) is 68.1 cm³/mol. The molecule has 0 radical (unpaired) electrons. The van der Waals surface area contributed by atoms with Gasteiger partial charge in [0.1, 0.15) is 0 Å². The molecule has 5 heteroatoms. The van der Waals surface area contributed by atoms with Gasteiger partial charge < -0.3 is 10.5 Å². The second kappa shape index (κ2) is 4.59. The highest BCUT2D eigenvalue weighted by atomic mass is 35.5. The summed E-state index contributed by atoms with van der Waals surface area (Å²) in [6.45, 7) is 6.96. The lowest BCUT2D eigenvalue weighted by Gasteiger charge is -2.31. The molecule has 2 atom stereocenters. The summed E-state index contributed by atoms with van der Waals surface area (Å²) in [5.41, 5.74) is 6.91. The first-order valence-electron chi connectivity index (χ1n) is 6.08. The predicted octanol–water partition coefficient (Wildman–Crippen LogP) is 2.69. The van der Waals surface area contributed by atoms with Crippen molar-refractivity contribution in [1.82, 2.24) is 9.78 Å². The standard InChI is InChI=1S/C12H20ClN3O/c1-8(2)16-10(9(13)7-15-16)11(14)12(3)5-4-6-17-12/h7-8,11H,4-6,14H2,1-3H3. The van der Waals surface area contributed by atoms with Gasteiger partial charge in [-0.25, -0.2) is 0 Å². The Balaban J connectivity index is 2.36. The monoisotopic (exact) mass is 257 g/mol. The van der Waals surface area contributed by atoms with Crippen LogP contribution in [0.4, 0.5) is 0 Å². The van der Waals surface area contributed by atoms with Crippen LogP contribution in [-0.2, 0) is 4.74 Å². The van der Waals surface area contributed by atoms with Crippen LogP contribution >= 0.6 is 11.6 Å². The van der Waals surface area contributed by atoms with Crippen LogP contribution in [0.25, 0.3) is 0 Å². The highest BCUT2D eigenvalue weighted by Gasteiger charge is 2.40. The molecule has 1 fully saturated rings. The van der Waals surface area contributed by atoms with Crippen molar-refractivity contribution in [3.8, 4) is 0 Å². The van der Waals surface area contributed by atoms with Gasteiger partial charge in [-0.15, -0.1) is 0 Å². The van der Waals surface area contributed by atoms with Crippen molar-refractivity contribution < 1.29 is 4.74 Å². The Morgan fingerprint density at radius 1 is 1.59 bits per heavy atom. The molecule has 2 rings (SSSR count). The number of hydrogen-bond acceptors (Lipinski definition) is 3. The van der Waals surface area contributed by atoms with Crippen molar-refractivity contribution in [2.24, 2.45) is 5.73 Å². The van der Waals surface area contributed by atoms with Crippen molar-refractivity contribution in [2.75, 3.05) is 6.61 Å². The number of hydrogen-bond donors (Lipinski definition) is 1. The number of aromatic nitrogens is 2. The van der Waals surface area contributed by atoms with Crippen LogP contribution < -0.4 is 5.73 Å². The molecular formula is C12H20ClN3O. The van der Waals surface area contributed by atoms with E-state index in [1.807, 2.05) is 4.68 Å². The number of halogens is 1. The molecule has 0 saturated carbocycles. The van der Waals surface area contributed by atoms with Gasteiger partial charge in [0.2, 0.25) is 0 Å². The fraction of sp³-hybridized carbons (Fsp3) is 0.750. The van der Waals surface area contributed by atoms with Crippen LogP contribution in [0, 0.1) is 0 Å². The highest BCUT2D eigenvalue weighted by molar-refractivity contribution is 6.31. The molecule has 1 aliphatic rings. The molecule has 2 unspecified atom stereocenters. The first kappa shape index (κ1) is 12.9. The minimum Gasteiger partial charge on any atom is -0.373 e. The fourth-order valence-corrected chi connectivity index (χ4v) is 2.64. The average Bonchev–Trinajstić information content (AvgIpc) is 2.85. The summed E-state index contributed by atoms with van der Waals surface area (Å²) in [7, 11) is 0. The largest absolute Gasteiger partial charge is 0.373 e. The highest BCUT2D eigenvalue weighted by Crippen LogP contribution is 2.38. The smallest absolute Gasteiger partial charge is 0.0862 e. The summed E-state index contributed by atoms with van der Waals surface area (Å²) < 4.78 is 7.68. The van der Waals surface area contributed by atoms with E-state index in [0.717, 1.165) is 25.1 Å². The van der Waals surface area contributed by atoms with E-state index in [-0.39, 0.29) is 17.7 Å². The van der Waals surface area contributed by atoms with Gasteiger partial charge in [-0.3, -0.25) is 4.68 Å². The van der Waals surface area contributed by atoms with E-state index in [2.05, 4.69) is 25.9 Å². The van der Waals surface area contributed by atoms with Crippen LogP contribution in [-0.4, -0.2) is 22.0 Å². The maximum atomic E-state index is 6.35. The van der Waals surface area contributed by atoms with E-state index in [0.29, 0.717) is 5.02 Å². The van der Waals surface area contributed by atoms with E-state index < -0.39 is 0 Å². The number of ether oxygens (including phenoxy) is 1. The molecule has 2 N–H and O–H groups in total. The summed E-state index contributed by atoms with van der Waals surface area (Å²) in [6.07, 6.45) is 3.68. The Hall–Kier alpha value is -0.580. The number of rotatable bonds is 3. The molecule has 17 heavy (non-hydrogen) atoms. The molecule has 1 aliphatic heterocycles. The normalized spacial score (nSPS) is 26.7. The maximum Gasteiger partial charge on any atom is 0.0862 e. The van der Waals surface area contributed by atoms with Crippen LogP contribution in [0.2, 0.25) is 5.02 Å². The molecule has 0 spiro atoms. The first-order valence-corrected chi connectivity index (χ1v) is 6.46. The molecule has 0 aliphatic carbocycles. The zero-order valence-electron chi connectivity index (χ0n) is 10.6. The molecular weight excluding hydrogens is 238 g/mol. The Morgan fingerprint density at radius 3 is 2.82 bits per heavy atom. The minimum atomic E-state index is -0.323. The SMILES string of the molecule is CC(C)n1ncc(Cl)c1C(N)C1(C)CCCO1.